The summed E-state index contributed by atoms with van der Waals surface area (Å²) in [5.74, 6) is 0.212. The summed E-state index contributed by atoms with van der Waals surface area (Å²) >= 11 is 0. The van der Waals surface area contributed by atoms with Gasteiger partial charge in [0.15, 0.2) is 0 Å². The van der Waals surface area contributed by atoms with E-state index in [1.807, 2.05) is 0 Å². The molecular formula is C20H26N6O. The highest BCUT2D eigenvalue weighted by atomic mass is 16.2. The first-order valence-electron chi connectivity index (χ1n) is 9.34. The molecule has 7 nitrogen and oxygen atoms in total. The van der Waals surface area contributed by atoms with Gasteiger partial charge in [0, 0.05) is 5.54 Å². The lowest BCUT2D eigenvalue weighted by Crippen LogP contribution is -2.54. The first kappa shape index (κ1) is 17.7. The van der Waals surface area contributed by atoms with Crippen LogP contribution in [0.3, 0.4) is 0 Å². The van der Waals surface area contributed by atoms with Crippen LogP contribution in [0.1, 0.15) is 31.2 Å². The molecule has 2 aromatic rings. The Balaban J connectivity index is 1.54. The van der Waals surface area contributed by atoms with Crippen LogP contribution in [-0.2, 0) is 5.54 Å². The fourth-order valence-electron chi connectivity index (χ4n) is 4.56. The van der Waals surface area contributed by atoms with E-state index in [1.54, 1.807) is 17.3 Å². The van der Waals surface area contributed by atoms with Crippen LogP contribution in [-0.4, -0.2) is 47.1 Å². The Morgan fingerprint density at radius 1 is 1.07 bits per heavy atom. The van der Waals surface area contributed by atoms with Gasteiger partial charge in [-0.15, -0.1) is 0 Å². The summed E-state index contributed by atoms with van der Waals surface area (Å²) in [5, 5.41) is 3.24. The maximum Gasteiger partial charge on any atom is 0.322 e. The molecule has 1 aliphatic heterocycles. The molecule has 2 amide bonds. The van der Waals surface area contributed by atoms with Gasteiger partial charge in [0.25, 0.3) is 0 Å². The molecule has 0 atom stereocenters. The first-order valence-corrected chi connectivity index (χ1v) is 9.34. The Bertz CT molecular complexity index is 812. The van der Waals surface area contributed by atoms with Crippen molar-refractivity contribution in [2.24, 2.45) is 0 Å². The molecule has 2 fully saturated rings. The summed E-state index contributed by atoms with van der Waals surface area (Å²) in [7, 11) is 4.30. The third-order valence-electron chi connectivity index (χ3n) is 6.25. The fourth-order valence-corrected chi connectivity index (χ4v) is 4.56. The lowest BCUT2D eigenvalue weighted by molar-refractivity contribution is 0.0658. The highest BCUT2D eigenvalue weighted by molar-refractivity contribution is 5.95. The summed E-state index contributed by atoms with van der Waals surface area (Å²) in [5.41, 5.74) is 7.40. The number of amides is 2. The van der Waals surface area contributed by atoms with Crippen LogP contribution < -0.4 is 16.0 Å². The van der Waals surface area contributed by atoms with E-state index in [0.717, 1.165) is 25.7 Å². The van der Waals surface area contributed by atoms with E-state index in [4.69, 9.17) is 5.73 Å². The summed E-state index contributed by atoms with van der Waals surface area (Å²) in [4.78, 5) is 24.7. The predicted octanol–water partition coefficient (Wildman–Crippen LogP) is 2.36. The van der Waals surface area contributed by atoms with Crippen LogP contribution in [0.2, 0.25) is 0 Å². The van der Waals surface area contributed by atoms with Gasteiger partial charge in [-0.05, 0) is 45.3 Å². The van der Waals surface area contributed by atoms with Gasteiger partial charge in [-0.1, -0.05) is 30.3 Å². The molecule has 1 saturated carbocycles. The van der Waals surface area contributed by atoms with E-state index >= 15 is 0 Å². The number of hydrogen-bond donors (Lipinski definition) is 2. The standard InChI is InChI=1S/C20H26N6O/c1-25(2)20(15-6-4-3-5-7-15)10-8-19(9-11-20)14-26(18(27)24-19)16-12-22-17(21)23-13-16/h3-7,12-13H,8-11,14H2,1-2H3,(H,24,27)(H2,21,22,23). The third kappa shape index (κ3) is 3.02. The van der Waals surface area contributed by atoms with Crippen molar-refractivity contribution in [3.8, 4) is 0 Å². The van der Waals surface area contributed by atoms with E-state index in [1.165, 1.54) is 5.56 Å². The van der Waals surface area contributed by atoms with E-state index in [0.29, 0.717) is 12.2 Å². The van der Waals surface area contributed by atoms with Gasteiger partial charge in [-0.2, -0.15) is 0 Å². The maximum atomic E-state index is 12.6. The topological polar surface area (TPSA) is 87.4 Å². The second-order valence-electron chi connectivity index (χ2n) is 7.89. The number of urea groups is 1. The monoisotopic (exact) mass is 366 g/mol. The van der Waals surface area contributed by atoms with Crippen molar-refractivity contribution in [3.63, 3.8) is 0 Å². The Hall–Kier alpha value is -2.67. The number of carbonyl (C=O) groups is 1. The number of nitrogen functional groups attached to an aromatic ring is 1. The normalized spacial score (nSPS) is 28.0. The molecule has 0 unspecified atom stereocenters. The number of hydrogen-bond acceptors (Lipinski definition) is 5. The lowest BCUT2D eigenvalue weighted by Gasteiger charge is -2.48. The van der Waals surface area contributed by atoms with Crippen molar-refractivity contribution in [2.75, 3.05) is 31.3 Å². The lowest BCUT2D eigenvalue weighted by atomic mass is 9.69. The van der Waals surface area contributed by atoms with Crippen LogP contribution in [0, 0.1) is 0 Å². The third-order valence-corrected chi connectivity index (χ3v) is 6.25. The molecule has 27 heavy (non-hydrogen) atoms. The van der Waals surface area contributed by atoms with Gasteiger partial charge in [0.2, 0.25) is 5.95 Å². The highest BCUT2D eigenvalue weighted by Gasteiger charge is 2.50. The Kier molecular flexibility index (Phi) is 4.26. The summed E-state index contributed by atoms with van der Waals surface area (Å²) in [6.07, 6.45) is 7.07. The Labute approximate surface area is 159 Å². The number of benzene rings is 1. The summed E-state index contributed by atoms with van der Waals surface area (Å²) in [6.45, 7) is 0.636. The minimum atomic E-state index is -0.202. The Morgan fingerprint density at radius 2 is 1.70 bits per heavy atom. The van der Waals surface area contributed by atoms with E-state index in [-0.39, 0.29) is 23.1 Å². The first-order chi connectivity index (χ1) is 12.9. The zero-order chi connectivity index (χ0) is 19.1. The minimum Gasteiger partial charge on any atom is -0.368 e. The molecule has 0 radical (unpaired) electrons. The molecule has 1 aliphatic carbocycles. The molecule has 2 heterocycles. The number of nitrogens with one attached hydrogen (secondary N) is 1. The van der Waals surface area contributed by atoms with Gasteiger partial charge in [-0.3, -0.25) is 9.80 Å². The van der Waals surface area contributed by atoms with Crippen molar-refractivity contribution in [1.82, 2.24) is 20.2 Å². The molecule has 1 spiro atoms. The van der Waals surface area contributed by atoms with Crippen LogP contribution in [0.25, 0.3) is 0 Å². The quantitative estimate of drug-likeness (QED) is 0.871. The highest BCUT2D eigenvalue weighted by Crippen LogP contribution is 2.46. The SMILES string of the molecule is CN(C)C1(c2ccccc2)CCC2(CC1)CN(c1cnc(N)nc1)C(=O)N2. The molecule has 1 aromatic heterocycles. The number of aromatic nitrogens is 2. The van der Waals surface area contributed by atoms with Crippen molar-refractivity contribution < 1.29 is 4.79 Å². The number of carbonyl (C=O) groups excluding carboxylic acids is 1. The van der Waals surface area contributed by atoms with E-state index in [2.05, 4.69) is 64.6 Å². The molecule has 7 heteroatoms. The average molecular weight is 366 g/mol. The number of anilines is 2. The van der Waals surface area contributed by atoms with Crippen molar-refractivity contribution in [3.05, 3.63) is 48.3 Å². The molecule has 1 aromatic carbocycles. The zero-order valence-electron chi connectivity index (χ0n) is 15.9. The van der Waals surface area contributed by atoms with E-state index < -0.39 is 0 Å². The van der Waals surface area contributed by atoms with Crippen molar-refractivity contribution >= 4 is 17.7 Å². The van der Waals surface area contributed by atoms with Crippen molar-refractivity contribution in [1.29, 1.82) is 0 Å². The summed E-state index contributed by atoms with van der Waals surface area (Å²) < 4.78 is 0. The minimum absolute atomic E-state index is 0.00890. The second-order valence-corrected chi connectivity index (χ2v) is 7.89. The van der Waals surface area contributed by atoms with Crippen LogP contribution in [0.4, 0.5) is 16.4 Å². The number of nitrogens with zero attached hydrogens (tertiary/aromatic N) is 4. The van der Waals surface area contributed by atoms with Gasteiger partial charge < -0.3 is 11.1 Å². The maximum absolute atomic E-state index is 12.6. The average Bonchev–Trinajstić information content (AvgIpc) is 3.00. The zero-order valence-corrected chi connectivity index (χ0v) is 15.9. The fraction of sp³-hybridized carbons (Fsp3) is 0.450. The largest absolute Gasteiger partial charge is 0.368 e. The molecule has 142 valence electrons. The molecule has 1 saturated heterocycles. The van der Waals surface area contributed by atoms with Gasteiger partial charge >= 0.3 is 6.03 Å². The number of nitrogens with two attached hydrogens (primary N) is 1. The summed E-state index contributed by atoms with van der Waals surface area (Å²) in [6, 6.07) is 10.6. The molecule has 3 N–H and O–H groups in total. The van der Waals surface area contributed by atoms with Gasteiger partial charge in [0.05, 0.1) is 30.2 Å². The molecule has 4 rings (SSSR count). The van der Waals surface area contributed by atoms with Crippen LogP contribution in [0.15, 0.2) is 42.7 Å². The molecule has 0 bridgehead atoms. The van der Waals surface area contributed by atoms with Gasteiger partial charge in [-0.25, -0.2) is 14.8 Å². The van der Waals surface area contributed by atoms with Crippen LogP contribution >= 0.6 is 0 Å². The van der Waals surface area contributed by atoms with Gasteiger partial charge in [0.1, 0.15) is 0 Å². The number of rotatable bonds is 3. The van der Waals surface area contributed by atoms with Crippen LogP contribution in [0.5, 0.6) is 0 Å². The predicted molar refractivity (Wildman–Crippen MR) is 105 cm³/mol. The smallest absolute Gasteiger partial charge is 0.322 e. The second kappa shape index (κ2) is 6.49. The Morgan fingerprint density at radius 3 is 2.30 bits per heavy atom. The molecular weight excluding hydrogens is 340 g/mol. The van der Waals surface area contributed by atoms with E-state index in [9.17, 15) is 4.79 Å². The molecule has 2 aliphatic rings. The van der Waals surface area contributed by atoms with Crippen molar-refractivity contribution in [2.45, 2.75) is 36.8 Å².